The Labute approximate surface area is 93.2 Å². The summed E-state index contributed by atoms with van der Waals surface area (Å²) in [6, 6.07) is 0. The number of nitrogens with one attached hydrogen (secondary N) is 1. The highest BCUT2D eigenvalue weighted by atomic mass is 16.5. The standard InChI is InChI=1S/C12H25NO2/c1-3-12(4-2,10-14)9-13-7-11-5-6-15-8-11/h11,13-14H,3-10H2,1-2H3. The first-order chi connectivity index (χ1) is 7.26. The van der Waals surface area contributed by atoms with Gasteiger partial charge in [-0.3, -0.25) is 0 Å². The Morgan fingerprint density at radius 2 is 2.13 bits per heavy atom. The Morgan fingerprint density at radius 1 is 1.40 bits per heavy atom. The van der Waals surface area contributed by atoms with E-state index in [0.29, 0.717) is 5.92 Å². The fraction of sp³-hybridized carbons (Fsp3) is 1.00. The van der Waals surface area contributed by atoms with Crippen LogP contribution in [-0.2, 0) is 4.74 Å². The molecule has 3 heteroatoms. The van der Waals surface area contributed by atoms with E-state index in [4.69, 9.17) is 4.74 Å². The third-order valence-corrected chi connectivity index (χ3v) is 3.79. The zero-order chi connectivity index (χ0) is 11.1. The van der Waals surface area contributed by atoms with Crippen molar-refractivity contribution in [3.63, 3.8) is 0 Å². The maximum Gasteiger partial charge on any atom is 0.0507 e. The van der Waals surface area contributed by atoms with Gasteiger partial charge in [0.2, 0.25) is 0 Å². The molecule has 2 N–H and O–H groups in total. The first-order valence-electron chi connectivity index (χ1n) is 6.15. The molecule has 1 aliphatic rings. The molecule has 0 spiro atoms. The lowest BCUT2D eigenvalue weighted by molar-refractivity contribution is 0.111. The molecule has 1 heterocycles. The summed E-state index contributed by atoms with van der Waals surface area (Å²) in [4.78, 5) is 0. The van der Waals surface area contributed by atoms with Gasteiger partial charge in [-0.2, -0.15) is 0 Å². The molecule has 1 atom stereocenters. The minimum absolute atomic E-state index is 0.0828. The number of aliphatic hydroxyl groups excluding tert-OH is 1. The summed E-state index contributed by atoms with van der Waals surface area (Å²) in [5.74, 6) is 0.676. The van der Waals surface area contributed by atoms with E-state index < -0.39 is 0 Å². The van der Waals surface area contributed by atoms with Crippen molar-refractivity contribution in [1.29, 1.82) is 0 Å². The van der Waals surface area contributed by atoms with Crippen LogP contribution in [0.4, 0.5) is 0 Å². The minimum atomic E-state index is 0.0828. The summed E-state index contributed by atoms with van der Waals surface area (Å²) < 4.78 is 5.33. The zero-order valence-electron chi connectivity index (χ0n) is 10.1. The summed E-state index contributed by atoms with van der Waals surface area (Å²) in [6.07, 6.45) is 3.25. The highest BCUT2D eigenvalue weighted by Crippen LogP contribution is 2.24. The molecule has 0 saturated carbocycles. The van der Waals surface area contributed by atoms with Crippen molar-refractivity contribution in [2.75, 3.05) is 32.9 Å². The molecule has 1 unspecified atom stereocenters. The monoisotopic (exact) mass is 215 g/mol. The average molecular weight is 215 g/mol. The van der Waals surface area contributed by atoms with Crippen molar-refractivity contribution in [1.82, 2.24) is 5.32 Å². The Kier molecular flexibility index (Phi) is 5.58. The van der Waals surface area contributed by atoms with E-state index in [9.17, 15) is 5.11 Å². The number of aliphatic hydroxyl groups is 1. The Bertz CT molecular complexity index is 155. The molecule has 0 aromatic carbocycles. The molecular weight excluding hydrogens is 190 g/mol. The van der Waals surface area contributed by atoms with E-state index in [-0.39, 0.29) is 12.0 Å². The molecule has 0 bridgehead atoms. The second-order valence-electron chi connectivity index (χ2n) is 4.73. The summed E-state index contributed by atoms with van der Waals surface area (Å²) in [7, 11) is 0. The van der Waals surface area contributed by atoms with Crippen molar-refractivity contribution >= 4 is 0 Å². The second kappa shape index (κ2) is 6.46. The van der Waals surface area contributed by atoms with Gasteiger partial charge in [0.25, 0.3) is 0 Å². The first-order valence-corrected chi connectivity index (χ1v) is 6.15. The highest BCUT2D eigenvalue weighted by molar-refractivity contribution is 4.79. The maximum atomic E-state index is 9.40. The largest absolute Gasteiger partial charge is 0.396 e. The van der Waals surface area contributed by atoms with Gasteiger partial charge in [0.15, 0.2) is 0 Å². The Balaban J connectivity index is 2.21. The van der Waals surface area contributed by atoms with Gasteiger partial charge in [-0.1, -0.05) is 13.8 Å². The molecule has 0 aromatic heterocycles. The van der Waals surface area contributed by atoms with Gasteiger partial charge in [0.1, 0.15) is 0 Å². The van der Waals surface area contributed by atoms with Crippen LogP contribution in [0.5, 0.6) is 0 Å². The smallest absolute Gasteiger partial charge is 0.0507 e. The predicted molar refractivity (Wildman–Crippen MR) is 61.9 cm³/mol. The van der Waals surface area contributed by atoms with Crippen LogP contribution in [0.15, 0.2) is 0 Å². The molecule has 1 rings (SSSR count). The zero-order valence-corrected chi connectivity index (χ0v) is 10.1. The van der Waals surface area contributed by atoms with Gasteiger partial charge >= 0.3 is 0 Å². The number of rotatable bonds is 7. The van der Waals surface area contributed by atoms with E-state index in [1.807, 2.05) is 0 Å². The molecule has 0 radical (unpaired) electrons. The van der Waals surface area contributed by atoms with Crippen LogP contribution in [0.3, 0.4) is 0 Å². The predicted octanol–water partition coefficient (Wildman–Crippen LogP) is 1.41. The van der Waals surface area contributed by atoms with E-state index in [2.05, 4.69) is 19.2 Å². The lowest BCUT2D eigenvalue weighted by atomic mass is 9.83. The minimum Gasteiger partial charge on any atom is -0.396 e. The molecule has 1 aliphatic heterocycles. The normalized spacial score (nSPS) is 22.2. The number of hydrogen-bond donors (Lipinski definition) is 2. The van der Waals surface area contributed by atoms with E-state index >= 15 is 0 Å². The fourth-order valence-electron chi connectivity index (χ4n) is 2.07. The third-order valence-electron chi connectivity index (χ3n) is 3.79. The van der Waals surface area contributed by atoms with Gasteiger partial charge in [-0.25, -0.2) is 0 Å². The van der Waals surface area contributed by atoms with Crippen molar-refractivity contribution in [2.45, 2.75) is 33.1 Å². The van der Waals surface area contributed by atoms with Gasteiger partial charge in [-0.05, 0) is 25.2 Å². The second-order valence-corrected chi connectivity index (χ2v) is 4.73. The molecule has 0 amide bonds. The van der Waals surface area contributed by atoms with E-state index in [0.717, 1.165) is 39.1 Å². The number of hydrogen-bond acceptors (Lipinski definition) is 3. The van der Waals surface area contributed by atoms with Crippen LogP contribution in [0.1, 0.15) is 33.1 Å². The molecule has 0 aliphatic carbocycles. The van der Waals surface area contributed by atoms with Crippen LogP contribution >= 0.6 is 0 Å². The van der Waals surface area contributed by atoms with Crippen LogP contribution in [0.25, 0.3) is 0 Å². The molecule has 90 valence electrons. The van der Waals surface area contributed by atoms with Crippen LogP contribution in [0, 0.1) is 11.3 Å². The van der Waals surface area contributed by atoms with Gasteiger partial charge < -0.3 is 15.2 Å². The van der Waals surface area contributed by atoms with Crippen LogP contribution in [-0.4, -0.2) is 38.0 Å². The molecule has 15 heavy (non-hydrogen) atoms. The topological polar surface area (TPSA) is 41.5 Å². The third kappa shape index (κ3) is 3.74. The summed E-state index contributed by atoms with van der Waals surface area (Å²) in [5.41, 5.74) is 0.0828. The molecule has 1 saturated heterocycles. The summed E-state index contributed by atoms with van der Waals surface area (Å²) >= 11 is 0. The van der Waals surface area contributed by atoms with Gasteiger partial charge in [0.05, 0.1) is 6.61 Å². The molecule has 0 aromatic rings. The molecule has 3 nitrogen and oxygen atoms in total. The Morgan fingerprint density at radius 3 is 2.60 bits per heavy atom. The average Bonchev–Trinajstić information content (AvgIpc) is 2.78. The van der Waals surface area contributed by atoms with Gasteiger partial charge in [0, 0.05) is 31.7 Å². The Hall–Kier alpha value is -0.120. The van der Waals surface area contributed by atoms with Crippen molar-refractivity contribution in [3.05, 3.63) is 0 Å². The van der Waals surface area contributed by atoms with E-state index in [1.54, 1.807) is 0 Å². The van der Waals surface area contributed by atoms with E-state index in [1.165, 1.54) is 6.42 Å². The van der Waals surface area contributed by atoms with Crippen molar-refractivity contribution in [3.8, 4) is 0 Å². The van der Waals surface area contributed by atoms with Crippen molar-refractivity contribution in [2.24, 2.45) is 11.3 Å². The highest BCUT2D eigenvalue weighted by Gasteiger charge is 2.25. The van der Waals surface area contributed by atoms with Gasteiger partial charge in [-0.15, -0.1) is 0 Å². The number of ether oxygens (including phenoxy) is 1. The lowest BCUT2D eigenvalue weighted by Crippen LogP contribution is -2.38. The SMILES string of the molecule is CCC(CC)(CO)CNCC1CCOC1. The maximum absolute atomic E-state index is 9.40. The van der Waals surface area contributed by atoms with Crippen molar-refractivity contribution < 1.29 is 9.84 Å². The van der Waals surface area contributed by atoms with Crippen LogP contribution in [0.2, 0.25) is 0 Å². The molecule has 1 fully saturated rings. The summed E-state index contributed by atoms with van der Waals surface area (Å²) in [5, 5.41) is 12.9. The van der Waals surface area contributed by atoms with Crippen LogP contribution < -0.4 is 5.32 Å². The quantitative estimate of drug-likeness (QED) is 0.675. The fourth-order valence-corrected chi connectivity index (χ4v) is 2.07. The summed E-state index contributed by atoms with van der Waals surface area (Å²) in [6.45, 7) is 8.36. The lowest BCUT2D eigenvalue weighted by Gasteiger charge is -2.30. The first kappa shape index (κ1) is 12.9. The molecular formula is C12H25NO2.